The van der Waals surface area contributed by atoms with Crippen LogP contribution < -0.4 is 4.74 Å². The molecule has 2 nitrogen and oxygen atoms in total. The van der Waals surface area contributed by atoms with Crippen molar-refractivity contribution in [3.05, 3.63) is 28.8 Å². The fraction of sp³-hybridized carbons (Fsp3) is 0.647. The minimum atomic E-state index is -0.0344. The summed E-state index contributed by atoms with van der Waals surface area (Å²) >= 11 is 5.88. The van der Waals surface area contributed by atoms with E-state index in [1.165, 1.54) is 44.9 Å². The van der Waals surface area contributed by atoms with E-state index in [2.05, 4.69) is 6.92 Å². The first-order chi connectivity index (χ1) is 9.77. The average Bonchev–Trinajstić information content (AvgIpc) is 2.46. The minimum Gasteiger partial charge on any atom is -0.493 e. The summed E-state index contributed by atoms with van der Waals surface area (Å²) in [6, 6.07) is 5.38. The van der Waals surface area contributed by atoms with E-state index in [4.69, 9.17) is 16.3 Å². The molecule has 0 aliphatic rings. The lowest BCUT2D eigenvalue weighted by Crippen LogP contribution is -2.00. The maximum absolute atomic E-state index is 9.25. The molecule has 0 saturated heterocycles. The standard InChI is InChI=1S/C17H27ClO2/c1-2-3-4-5-6-7-8-9-12-20-17-11-10-16(18)13-15(17)14-19/h10-11,13,19H,2-9,12,14H2,1H3. The predicted molar refractivity (Wildman–Crippen MR) is 85.5 cm³/mol. The van der Waals surface area contributed by atoms with Gasteiger partial charge in [0.15, 0.2) is 0 Å². The van der Waals surface area contributed by atoms with Gasteiger partial charge in [0.2, 0.25) is 0 Å². The van der Waals surface area contributed by atoms with Gasteiger partial charge < -0.3 is 9.84 Å². The average molecular weight is 299 g/mol. The molecule has 114 valence electrons. The van der Waals surface area contributed by atoms with Crippen LogP contribution >= 0.6 is 11.6 Å². The Morgan fingerprint density at radius 1 is 1.00 bits per heavy atom. The summed E-state index contributed by atoms with van der Waals surface area (Å²) in [5.74, 6) is 0.750. The van der Waals surface area contributed by atoms with Crippen molar-refractivity contribution in [1.29, 1.82) is 0 Å². The van der Waals surface area contributed by atoms with Crippen LogP contribution in [0.1, 0.15) is 63.9 Å². The largest absolute Gasteiger partial charge is 0.493 e. The molecule has 1 aromatic rings. The Balaban J connectivity index is 2.09. The molecular weight excluding hydrogens is 272 g/mol. The van der Waals surface area contributed by atoms with Crippen LogP contribution in [0.2, 0.25) is 5.02 Å². The molecule has 20 heavy (non-hydrogen) atoms. The van der Waals surface area contributed by atoms with Crippen LogP contribution in [0.15, 0.2) is 18.2 Å². The summed E-state index contributed by atoms with van der Waals surface area (Å²) in [5.41, 5.74) is 0.761. The fourth-order valence-electron chi connectivity index (χ4n) is 2.23. The Morgan fingerprint density at radius 3 is 2.30 bits per heavy atom. The van der Waals surface area contributed by atoms with E-state index in [0.717, 1.165) is 17.7 Å². The van der Waals surface area contributed by atoms with E-state index in [1.807, 2.05) is 6.07 Å². The van der Waals surface area contributed by atoms with E-state index < -0.39 is 0 Å². The van der Waals surface area contributed by atoms with Crippen molar-refractivity contribution in [3.8, 4) is 5.75 Å². The Bertz CT molecular complexity index is 366. The molecule has 0 atom stereocenters. The Labute approximate surface area is 128 Å². The molecule has 0 spiro atoms. The lowest BCUT2D eigenvalue weighted by Gasteiger charge is -2.10. The summed E-state index contributed by atoms with van der Waals surface area (Å²) < 4.78 is 5.71. The molecule has 0 radical (unpaired) electrons. The molecule has 0 fully saturated rings. The third-order valence-electron chi connectivity index (χ3n) is 3.45. The van der Waals surface area contributed by atoms with Crippen molar-refractivity contribution < 1.29 is 9.84 Å². The molecule has 0 aromatic heterocycles. The molecule has 0 amide bonds. The predicted octanol–water partition coefficient (Wildman–Crippen LogP) is 5.35. The van der Waals surface area contributed by atoms with Gasteiger partial charge in [-0.1, -0.05) is 63.5 Å². The number of ether oxygens (including phenoxy) is 1. The molecule has 1 rings (SSSR count). The van der Waals surface area contributed by atoms with Gasteiger partial charge in [-0.15, -0.1) is 0 Å². The second-order valence-corrected chi connectivity index (χ2v) is 5.67. The number of hydrogen-bond donors (Lipinski definition) is 1. The van der Waals surface area contributed by atoms with Gasteiger partial charge in [0.25, 0.3) is 0 Å². The van der Waals surface area contributed by atoms with Crippen LogP contribution in [0.5, 0.6) is 5.75 Å². The topological polar surface area (TPSA) is 29.5 Å². The smallest absolute Gasteiger partial charge is 0.124 e. The van der Waals surface area contributed by atoms with Crippen LogP contribution in [0.4, 0.5) is 0 Å². The monoisotopic (exact) mass is 298 g/mol. The summed E-state index contributed by atoms with van der Waals surface area (Å²) in [7, 11) is 0. The van der Waals surface area contributed by atoms with Crippen molar-refractivity contribution in [2.75, 3.05) is 6.61 Å². The van der Waals surface area contributed by atoms with E-state index in [-0.39, 0.29) is 6.61 Å². The highest BCUT2D eigenvalue weighted by atomic mass is 35.5. The van der Waals surface area contributed by atoms with E-state index in [9.17, 15) is 5.11 Å². The SMILES string of the molecule is CCCCCCCCCCOc1ccc(Cl)cc1CO. The van der Waals surface area contributed by atoms with E-state index in [1.54, 1.807) is 12.1 Å². The zero-order valence-corrected chi connectivity index (χ0v) is 13.3. The Hall–Kier alpha value is -0.730. The van der Waals surface area contributed by atoms with Crippen LogP contribution in [-0.2, 0) is 6.61 Å². The van der Waals surface area contributed by atoms with Crippen LogP contribution in [0.25, 0.3) is 0 Å². The van der Waals surface area contributed by atoms with Gasteiger partial charge in [0.05, 0.1) is 13.2 Å². The van der Waals surface area contributed by atoms with Crippen LogP contribution in [0.3, 0.4) is 0 Å². The van der Waals surface area contributed by atoms with Gasteiger partial charge in [0, 0.05) is 10.6 Å². The minimum absolute atomic E-state index is 0.0344. The Kier molecular flexibility index (Phi) is 9.52. The normalized spacial score (nSPS) is 10.8. The highest BCUT2D eigenvalue weighted by Crippen LogP contribution is 2.23. The maximum Gasteiger partial charge on any atom is 0.124 e. The van der Waals surface area contributed by atoms with E-state index in [0.29, 0.717) is 11.6 Å². The summed E-state index contributed by atoms with van der Waals surface area (Å²) in [6.45, 7) is 2.92. The molecule has 0 saturated carbocycles. The molecule has 0 aliphatic heterocycles. The lowest BCUT2D eigenvalue weighted by molar-refractivity contribution is 0.260. The molecule has 0 heterocycles. The molecule has 0 aliphatic carbocycles. The number of benzene rings is 1. The highest BCUT2D eigenvalue weighted by Gasteiger charge is 2.03. The number of halogens is 1. The summed E-state index contributed by atoms with van der Waals surface area (Å²) in [4.78, 5) is 0. The molecule has 3 heteroatoms. The lowest BCUT2D eigenvalue weighted by atomic mass is 10.1. The van der Waals surface area contributed by atoms with Crippen molar-refractivity contribution in [2.24, 2.45) is 0 Å². The zero-order valence-electron chi connectivity index (χ0n) is 12.5. The highest BCUT2D eigenvalue weighted by molar-refractivity contribution is 6.30. The number of aliphatic hydroxyl groups is 1. The third kappa shape index (κ3) is 7.16. The second kappa shape index (κ2) is 11.0. The molecular formula is C17H27ClO2. The van der Waals surface area contributed by atoms with Crippen LogP contribution in [0, 0.1) is 0 Å². The fourth-order valence-corrected chi connectivity index (χ4v) is 2.43. The zero-order chi connectivity index (χ0) is 14.6. The first-order valence-corrected chi connectivity index (χ1v) is 8.17. The van der Waals surface area contributed by atoms with Crippen molar-refractivity contribution in [3.63, 3.8) is 0 Å². The van der Waals surface area contributed by atoms with Gasteiger partial charge in [0.1, 0.15) is 5.75 Å². The van der Waals surface area contributed by atoms with Crippen molar-refractivity contribution in [2.45, 2.75) is 64.9 Å². The maximum atomic E-state index is 9.25. The summed E-state index contributed by atoms with van der Waals surface area (Å²) in [5, 5.41) is 9.88. The van der Waals surface area contributed by atoms with Crippen molar-refractivity contribution in [1.82, 2.24) is 0 Å². The van der Waals surface area contributed by atoms with Gasteiger partial charge >= 0.3 is 0 Å². The third-order valence-corrected chi connectivity index (χ3v) is 3.68. The van der Waals surface area contributed by atoms with Crippen LogP contribution in [-0.4, -0.2) is 11.7 Å². The first kappa shape index (κ1) is 17.3. The molecule has 1 N–H and O–H groups in total. The Morgan fingerprint density at radius 2 is 1.65 bits per heavy atom. The first-order valence-electron chi connectivity index (χ1n) is 7.80. The molecule has 0 bridgehead atoms. The number of aliphatic hydroxyl groups excluding tert-OH is 1. The molecule has 1 aromatic carbocycles. The van der Waals surface area contributed by atoms with Gasteiger partial charge in [-0.3, -0.25) is 0 Å². The van der Waals surface area contributed by atoms with Crippen molar-refractivity contribution >= 4 is 11.6 Å². The number of rotatable bonds is 11. The van der Waals surface area contributed by atoms with Gasteiger partial charge in [-0.25, -0.2) is 0 Å². The van der Waals surface area contributed by atoms with Gasteiger partial charge in [-0.2, -0.15) is 0 Å². The second-order valence-electron chi connectivity index (χ2n) is 5.23. The number of unbranched alkanes of at least 4 members (excludes halogenated alkanes) is 7. The van der Waals surface area contributed by atoms with E-state index >= 15 is 0 Å². The quantitative estimate of drug-likeness (QED) is 0.558. The summed E-state index contributed by atoms with van der Waals surface area (Å²) in [6.07, 6.45) is 10.3. The van der Waals surface area contributed by atoms with Gasteiger partial charge in [-0.05, 0) is 24.6 Å². The number of hydrogen-bond acceptors (Lipinski definition) is 2. The molecule has 0 unspecified atom stereocenters.